The molecule has 0 saturated carbocycles. The lowest BCUT2D eigenvalue weighted by Crippen LogP contribution is -2.34. The number of unbranched alkanes of at least 4 members (excludes halogenated alkanes) is 1. The Balaban J connectivity index is 1.79. The average molecular weight is 422 g/mol. The number of hydrogen-bond acceptors (Lipinski definition) is 5. The number of hydrogen-bond donors (Lipinski definition) is 1. The SMILES string of the molecule is CCCCOCCCN1C(=O)C(Nc2ccc(N(C)C)cc2)=C(c2ccccc2)C1=O. The van der Waals surface area contributed by atoms with Crippen molar-refractivity contribution >= 4 is 28.8 Å². The van der Waals surface area contributed by atoms with Crippen molar-refractivity contribution in [2.45, 2.75) is 26.2 Å². The topological polar surface area (TPSA) is 61.9 Å². The number of carbonyl (C=O) groups is 2. The van der Waals surface area contributed by atoms with Gasteiger partial charge in [0.05, 0.1) is 5.57 Å². The van der Waals surface area contributed by atoms with Crippen LogP contribution in [0.4, 0.5) is 11.4 Å². The van der Waals surface area contributed by atoms with E-state index in [2.05, 4.69) is 12.2 Å². The molecule has 0 radical (unpaired) electrons. The van der Waals surface area contributed by atoms with E-state index in [-0.39, 0.29) is 11.8 Å². The highest BCUT2D eigenvalue weighted by atomic mass is 16.5. The van der Waals surface area contributed by atoms with Crippen LogP contribution in [0, 0.1) is 0 Å². The Morgan fingerprint density at radius 1 is 0.903 bits per heavy atom. The standard InChI is InChI=1S/C25H31N3O3/c1-4-5-17-31-18-9-16-28-24(29)22(19-10-7-6-8-11-19)23(25(28)30)26-20-12-14-21(15-13-20)27(2)3/h6-8,10-15,26H,4-5,9,16-18H2,1-3H3. The highest BCUT2D eigenvalue weighted by Gasteiger charge is 2.38. The lowest BCUT2D eigenvalue weighted by molar-refractivity contribution is -0.137. The van der Waals surface area contributed by atoms with Crippen molar-refractivity contribution in [3.05, 3.63) is 65.9 Å². The molecule has 0 bridgehead atoms. The molecule has 0 unspecified atom stereocenters. The number of nitrogens with zero attached hydrogens (tertiary/aromatic N) is 2. The third kappa shape index (κ3) is 5.52. The van der Waals surface area contributed by atoms with Gasteiger partial charge in [0.25, 0.3) is 11.8 Å². The molecule has 0 spiro atoms. The van der Waals surface area contributed by atoms with Gasteiger partial charge >= 0.3 is 0 Å². The van der Waals surface area contributed by atoms with Gasteiger partial charge in [0.1, 0.15) is 5.70 Å². The predicted molar refractivity (Wildman–Crippen MR) is 125 cm³/mol. The second kappa shape index (κ2) is 10.8. The second-order valence-electron chi connectivity index (χ2n) is 7.76. The number of nitrogens with one attached hydrogen (secondary N) is 1. The maximum atomic E-state index is 13.2. The molecule has 2 amide bonds. The first-order valence-corrected chi connectivity index (χ1v) is 10.8. The summed E-state index contributed by atoms with van der Waals surface area (Å²) in [4.78, 5) is 29.7. The van der Waals surface area contributed by atoms with Crippen LogP contribution in [0.1, 0.15) is 31.7 Å². The molecular weight excluding hydrogens is 390 g/mol. The first-order valence-electron chi connectivity index (χ1n) is 10.8. The van der Waals surface area contributed by atoms with Gasteiger partial charge in [0, 0.05) is 45.2 Å². The van der Waals surface area contributed by atoms with Crippen LogP contribution in [0.25, 0.3) is 5.57 Å². The van der Waals surface area contributed by atoms with Crippen molar-refractivity contribution in [2.75, 3.05) is 44.1 Å². The van der Waals surface area contributed by atoms with E-state index >= 15 is 0 Å². The van der Waals surface area contributed by atoms with Crippen molar-refractivity contribution in [3.8, 4) is 0 Å². The van der Waals surface area contributed by atoms with Crippen LogP contribution in [-0.2, 0) is 14.3 Å². The van der Waals surface area contributed by atoms with Gasteiger partial charge in [-0.1, -0.05) is 43.7 Å². The zero-order valence-electron chi connectivity index (χ0n) is 18.6. The molecule has 6 nitrogen and oxygen atoms in total. The molecule has 3 rings (SSSR count). The van der Waals surface area contributed by atoms with Crippen LogP contribution in [-0.4, -0.2) is 50.6 Å². The van der Waals surface area contributed by atoms with Gasteiger partial charge in [0.15, 0.2) is 0 Å². The number of ether oxygens (including phenoxy) is 1. The molecule has 0 saturated heterocycles. The molecule has 2 aromatic carbocycles. The number of amides is 2. The van der Waals surface area contributed by atoms with Crippen LogP contribution < -0.4 is 10.2 Å². The van der Waals surface area contributed by atoms with Gasteiger partial charge < -0.3 is 15.0 Å². The van der Waals surface area contributed by atoms with Crippen LogP contribution >= 0.6 is 0 Å². The van der Waals surface area contributed by atoms with E-state index in [0.29, 0.717) is 37.4 Å². The van der Waals surface area contributed by atoms with Crippen molar-refractivity contribution in [3.63, 3.8) is 0 Å². The summed E-state index contributed by atoms with van der Waals surface area (Å²) in [6, 6.07) is 17.1. The molecule has 0 aromatic heterocycles. The highest BCUT2D eigenvalue weighted by molar-refractivity contribution is 6.36. The minimum absolute atomic E-state index is 0.267. The van der Waals surface area contributed by atoms with Gasteiger partial charge in [0.2, 0.25) is 0 Å². The predicted octanol–water partition coefficient (Wildman–Crippen LogP) is 4.15. The third-order valence-electron chi connectivity index (χ3n) is 5.20. The zero-order chi connectivity index (χ0) is 22.2. The Morgan fingerprint density at radius 3 is 2.23 bits per heavy atom. The van der Waals surface area contributed by atoms with Gasteiger partial charge in [-0.25, -0.2) is 0 Å². The van der Waals surface area contributed by atoms with Crippen molar-refractivity contribution in [1.82, 2.24) is 4.90 Å². The van der Waals surface area contributed by atoms with E-state index in [9.17, 15) is 9.59 Å². The quantitative estimate of drug-likeness (QED) is 0.436. The molecule has 0 fully saturated rings. The number of carbonyl (C=O) groups excluding carboxylic acids is 2. The first-order chi connectivity index (χ1) is 15.0. The van der Waals surface area contributed by atoms with Crippen molar-refractivity contribution in [1.29, 1.82) is 0 Å². The molecule has 1 aliphatic heterocycles. The molecule has 31 heavy (non-hydrogen) atoms. The van der Waals surface area contributed by atoms with Crippen LogP contribution in [0.5, 0.6) is 0 Å². The van der Waals surface area contributed by atoms with Crippen LogP contribution in [0.3, 0.4) is 0 Å². The Morgan fingerprint density at radius 2 is 1.58 bits per heavy atom. The summed E-state index contributed by atoms with van der Waals surface area (Å²) < 4.78 is 5.59. The fourth-order valence-electron chi connectivity index (χ4n) is 3.43. The summed E-state index contributed by atoms with van der Waals surface area (Å²) in [5.41, 5.74) is 3.28. The largest absolute Gasteiger partial charge is 0.381 e. The monoisotopic (exact) mass is 421 g/mol. The molecule has 0 aliphatic carbocycles. The maximum Gasteiger partial charge on any atom is 0.278 e. The van der Waals surface area contributed by atoms with E-state index in [1.807, 2.05) is 73.6 Å². The fraction of sp³-hybridized carbons (Fsp3) is 0.360. The van der Waals surface area contributed by atoms with E-state index in [1.54, 1.807) is 0 Å². The van der Waals surface area contributed by atoms with Gasteiger partial charge in [-0.2, -0.15) is 0 Å². The summed E-state index contributed by atoms with van der Waals surface area (Å²) >= 11 is 0. The van der Waals surface area contributed by atoms with E-state index in [4.69, 9.17) is 4.74 Å². The summed E-state index contributed by atoms with van der Waals surface area (Å²) in [6.07, 6.45) is 2.72. The van der Waals surface area contributed by atoms with E-state index in [0.717, 1.165) is 29.8 Å². The zero-order valence-corrected chi connectivity index (χ0v) is 18.6. The molecule has 0 atom stereocenters. The summed E-state index contributed by atoms with van der Waals surface area (Å²) in [5, 5.41) is 3.20. The third-order valence-corrected chi connectivity index (χ3v) is 5.20. The Hall–Kier alpha value is -3.12. The minimum Gasteiger partial charge on any atom is -0.381 e. The number of anilines is 2. The summed E-state index contributed by atoms with van der Waals surface area (Å²) in [6.45, 7) is 3.70. The molecule has 164 valence electrons. The van der Waals surface area contributed by atoms with Gasteiger partial charge in [-0.15, -0.1) is 0 Å². The molecule has 1 aliphatic rings. The molecule has 1 heterocycles. The lowest BCUT2D eigenvalue weighted by atomic mass is 10.0. The number of rotatable bonds is 11. The first kappa shape index (κ1) is 22.6. The fourth-order valence-corrected chi connectivity index (χ4v) is 3.43. The summed E-state index contributed by atoms with van der Waals surface area (Å²) in [7, 11) is 3.95. The molecule has 1 N–H and O–H groups in total. The summed E-state index contributed by atoms with van der Waals surface area (Å²) in [5.74, 6) is -0.564. The van der Waals surface area contributed by atoms with Gasteiger partial charge in [-0.3, -0.25) is 14.5 Å². The smallest absolute Gasteiger partial charge is 0.278 e. The minimum atomic E-state index is -0.297. The maximum absolute atomic E-state index is 13.2. The number of imide groups is 1. The molecule has 6 heteroatoms. The van der Waals surface area contributed by atoms with E-state index in [1.165, 1.54) is 4.90 Å². The van der Waals surface area contributed by atoms with Crippen molar-refractivity contribution in [2.24, 2.45) is 0 Å². The molecular formula is C25H31N3O3. The van der Waals surface area contributed by atoms with Crippen LogP contribution in [0.2, 0.25) is 0 Å². The van der Waals surface area contributed by atoms with Crippen LogP contribution in [0.15, 0.2) is 60.3 Å². The van der Waals surface area contributed by atoms with E-state index < -0.39 is 0 Å². The highest BCUT2D eigenvalue weighted by Crippen LogP contribution is 2.31. The van der Waals surface area contributed by atoms with Gasteiger partial charge in [-0.05, 0) is 42.7 Å². The van der Waals surface area contributed by atoms with Crippen molar-refractivity contribution < 1.29 is 14.3 Å². The Labute approximate surface area is 184 Å². The average Bonchev–Trinajstić information content (AvgIpc) is 3.01. The Bertz CT molecular complexity index is 921. The Kier molecular flexibility index (Phi) is 7.84. The normalized spacial score (nSPS) is 13.8. The lowest BCUT2D eigenvalue weighted by Gasteiger charge is -2.16. The number of benzene rings is 2. The second-order valence-corrected chi connectivity index (χ2v) is 7.76. The molecule has 2 aromatic rings.